The van der Waals surface area contributed by atoms with E-state index in [0.29, 0.717) is 45.1 Å². The number of nitrogens with one attached hydrogen (secondary N) is 1. The van der Waals surface area contributed by atoms with Gasteiger partial charge < -0.3 is 15.3 Å². The number of benzene rings is 1. The summed E-state index contributed by atoms with van der Waals surface area (Å²) in [6.45, 7) is 3.47. The van der Waals surface area contributed by atoms with Crippen LogP contribution in [0.3, 0.4) is 0 Å². The minimum Gasteiger partial charge on any atom is -0.475 e. The van der Waals surface area contributed by atoms with Crippen molar-refractivity contribution in [2.75, 3.05) is 31.5 Å². The third-order valence-corrected chi connectivity index (χ3v) is 6.87. The van der Waals surface area contributed by atoms with E-state index >= 15 is 0 Å². The molecule has 0 bridgehead atoms. The predicted octanol–water partition coefficient (Wildman–Crippen LogP) is 4.31. The number of rotatable bonds is 7. The number of aliphatic carboxylic acids is 1. The standard InChI is InChI=1S/C23H22ClFN8OS.C2HF3O2/c24-19-3-1-2-18(21(19)25)22(34)32-7-5-31(6-8-32)13-17-10-16(12-33-15-26-14-28-33)11-20(29-17)30-23-27-4-9-35-23;3-2(4,5)1(6)7/h1-4,9-11,14-15H,5-8,12-13H2,(H,27,29,30);(H,6,7). The molecule has 0 spiro atoms. The topological polar surface area (TPSA) is 129 Å². The summed E-state index contributed by atoms with van der Waals surface area (Å²) in [6.07, 6.45) is -0.164. The van der Waals surface area contributed by atoms with Crippen molar-refractivity contribution < 1.29 is 32.3 Å². The fourth-order valence-corrected chi connectivity index (χ4v) is 4.67. The van der Waals surface area contributed by atoms with Gasteiger partial charge in [0.25, 0.3) is 5.91 Å². The molecule has 1 aromatic carbocycles. The zero-order chi connectivity index (χ0) is 30.3. The van der Waals surface area contributed by atoms with Gasteiger partial charge in [-0.15, -0.1) is 11.3 Å². The van der Waals surface area contributed by atoms with Crippen molar-refractivity contribution >= 4 is 45.8 Å². The van der Waals surface area contributed by atoms with Gasteiger partial charge in [-0.1, -0.05) is 17.7 Å². The Bertz CT molecular complexity index is 1440. The molecule has 17 heteroatoms. The SMILES string of the molecule is O=C(O)C(F)(F)F.O=C(c1cccc(Cl)c1F)N1CCN(Cc2cc(Cn3cncn3)cc(Nc3nccs3)n2)CC1. The number of carboxylic acid groups (broad SMARTS) is 1. The summed E-state index contributed by atoms with van der Waals surface area (Å²) in [5, 5.41) is 17.2. The van der Waals surface area contributed by atoms with Crippen molar-refractivity contribution in [1.29, 1.82) is 0 Å². The molecular formula is C25H23ClF4N8O3S. The van der Waals surface area contributed by atoms with Crippen LogP contribution >= 0.6 is 22.9 Å². The molecule has 1 saturated heterocycles. The fourth-order valence-electron chi connectivity index (χ4n) is 3.96. The summed E-state index contributed by atoms with van der Waals surface area (Å²) in [5.74, 6) is -3.06. The smallest absolute Gasteiger partial charge is 0.475 e. The third kappa shape index (κ3) is 8.43. The Morgan fingerprint density at radius 1 is 1.12 bits per heavy atom. The van der Waals surface area contributed by atoms with Crippen molar-refractivity contribution in [3.8, 4) is 0 Å². The first-order valence-corrected chi connectivity index (χ1v) is 13.5. The minimum atomic E-state index is -5.08. The van der Waals surface area contributed by atoms with Crippen molar-refractivity contribution in [2.45, 2.75) is 19.3 Å². The van der Waals surface area contributed by atoms with Crippen LogP contribution in [0.4, 0.5) is 28.5 Å². The van der Waals surface area contributed by atoms with E-state index in [4.69, 9.17) is 26.5 Å². The highest BCUT2D eigenvalue weighted by Crippen LogP contribution is 2.22. The second-order valence-electron chi connectivity index (χ2n) is 8.88. The maximum absolute atomic E-state index is 14.3. The molecule has 3 aromatic heterocycles. The lowest BCUT2D eigenvalue weighted by atomic mass is 10.1. The molecule has 42 heavy (non-hydrogen) atoms. The molecule has 1 fully saturated rings. The van der Waals surface area contributed by atoms with Crippen LogP contribution in [0.2, 0.25) is 5.02 Å². The maximum atomic E-state index is 14.3. The van der Waals surface area contributed by atoms with Crippen molar-refractivity contribution in [2.24, 2.45) is 0 Å². The molecular weight excluding hydrogens is 604 g/mol. The molecule has 0 saturated carbocycles. The summed E-state index contributed by atoms with van der Waals surface area (Å²) < 4.78 is 47.8. The van der Waals surface area contributed by atoms with Crippen LogP contribution in [0.25, 0.3) is 0 Å². The number of hydrogen-bond acceptors (Lipinski definition) is 9. The predicted molar refractivity (Wildman–Crippen MR) is 145 cm³/mol. The molecule has 11 nitrogen and oxygen atoms in total. The number of carbonyl (C=O) groups is 2. The Hall–Kier alpha value is -4.15. The maximum Gasteiger partial charge on any atom is 0.490 e. The van der Waals surface area contributed by atoms with E-state index in [0.717, 1.165) is 16.4 Å². The van der Waals surface area contributed by atoms with Crippen LogP contribution in [-0.4, -0.2) is 83.9 Å². The summed E-state index contributed by atoms with van der Waals surface area (Å²) in [6, 6.07) is 8.52. The zero-order valence-corrected chi connectivity index (χ0v) is 23.2. The molecule has 0 radical (unpaired) electrons. The number of pyridine rings is 1. The highest BCUT2D eigenvalue weighted by Gasteiger charge is 2.38. The Labute approximate surface area is 245 Å². The Morgan fingerprint density at radius 3 is 2.48 bits per heavy atom. The molecule has 1 aliphatic heterocycles. The highest BCUT2D eigenvalue weighted by atomic mass is 35.5. The number of nitrogens with zero attached hydrogens (tertiary/aromatic N) is 7. The number of amides is 1. The number of halogens is 5. The van der Waals surface area contributed by atoms with Gasteiger partial charge >= 0.3 is 12.1 Å². The van der Waals surface area contributed by atoms with E-state index in [-0.39, 0.29) is 16.5 Å². The van der Waals surface area contributed by atoms with Gasteiger partial charge in [0.2, 0.25) is 0 Å². The van der Waals surface area contributed by atoms with E-state index in [2.05, 4.69) is 25.3 Å². The average Bonchev–Trinajstić information content (AvgIpc) is 3.65. The number of carbonyl (C=O) groups excluding carboxylic acids is 1. The molecule has 2 N–H and O–H groups in total. The van der Waals surface area contributed by atoms with Crippen LogP contribution in [0.1, 0.15) is 21.6 Å². The first-order valence-electron chi connectivity index (χ1n) is 12.2. The number of alkyl halides is 3. The lowest BCUT2D eigenvalue weighted by molar-refractivity contribution is -0.192. The lowest BCUT2D eigenvalue weighted by Gasteiger charge is -2.34. The molecule has 4 aromatic rings. The average molecular weight is 627 g/mol. The number of anilines is 2. The second kappa shape index (κ2) is 13.7. The van der Waals surface area contributed by atoms with E-state index in [1.165, 1.54) is 29.8 Å². The number of piperazine rings is 1. The Morgan fingerprint density at radius 2 is 1.86 bits per heavy atom. The van der Waals surface area contributed by atoms with Crippen LogP contribution in [0, 0.1) is 5.82 Å². The van der Waals surface area contributed by atoms with E-state index < -0.39 is 18.0 Å². The van der Waals surface area contributed by atoms with Gasteiger partial charge in [0.1, 0.15) is 18.5 Å². The zero-order valence-electron chi connectivity index (χ0n) is 21.6. The van der Waals surface area contributed by atoms with Gasteiger partial charge in [-0.2, -0.15) is 18.3 Å². The fraction of sp³-hybridized carbons (Fsp3) is 0.280. The van der Waals surface area contributed by atoms with Gasteiger partial charge in [-0.3, -0.25) is 9.69 Å². The normalized spacial score (nSPS) is 13.8. The molecule has 222 valence electrons. The van der Waals surface area contributed by atoms with Gasteiger partial charge in [-0.05, 0) is 29.8 Å². The first kappa shape index (κ1) is 30.8. The summed E-state index contributed by atoms with van der Waals surface area (Å²) >= 11 is 7.35. The van der Waals surface area contributed by atoms with Gasteiger partial charge in [0, 0.05) is 44.3 Å². The van der Waals surface area contributed by atoms with Gasteiger partial charge in [0.15, 0.2) is 10.9 Å². The van der Waals surface area contributed by atoms with Crippen molar-refractivity contribution in [3.63, 3.8) is 0 Å². The molecule has 4 heterocycles. The summed E-state index contributed by atoms with van der Waals surface area (Å²) in [7, 11) is 0. The largest absolute Gasteiger partial charge is 0.490 e. The van der Waals surface area contributed by atoms with Crippen LogP contribution in [0.15, 0.2) is 54.6 Å². The van der Waals surface area contributed by atoms with Crippen LogP contribution in [-0.2, 0) is 17.9 Å². The monoisotopic (exact) mass is 626 g/mol. The van der Waals surface area contributed by atoms with Crippen molar-refractivity contribution in [3.05, 3.63) is 82.2 Å². The molecule has 0 aliphatic carbocycles. The third-order valence-electron chi connectivity index (χ3n) is 5.89. The van der Waals surface area contributed by atoms with Crippen LogP contribution < -0.4 is 5.32 Å². The van der Waals surface area contributed by atoms with Gasteiger partial charge in [0.05, 0.1) is 22.8 Å². The number of carboxylic acids is 1. The lowest BCUT2D eigenvalue weighted by Crippen LogP contribution is -2.48. The molecule has 0 atom stereocenters. The molecule has 0 unspecified atom stereocenters. The molecule has 5 rings (SSSR count). The second-order valence-corrected chi connectivity index (χ2v) is 10.2. The van der Waals surface area contributed by atoms with Gasteiger partial charge in [-0.25, -0.2) is 28.8 Å². The number of thiazole rings is 1. The van der Waals surface area contributed by atoms with E-state index in [1.807, 2.05) is 17.5 Å². The van der Waals surface area contributed by atoms with Crippen molar-refractivity contribution in [1.82, 2.24) is 34.5 Å². The summed E-state index contributed by atoms with van der Waals surface area (Å²) in [5.41, 5.74) is 1.93. The highest BCUT2D eigenvalue weighted by molar-refractivity contribution is 7.13. The molecule has 1 aliphatic rings. The Kier molecular flexibility index (Phi) is 10.0. The minimum absolute atomic E-state index is 0.00586. The van der Waals surface area contributed by atoms with E-state index in [1.54, 1.807) is 28.2 Å². The van der Waals surface area contributed by atoms with Crippen LogP contribution in [0.5, 0.6) is 0 Å². The number of aromatic nitrogens is 5. The van der Waals surface area contributed by atoms with E-state index in [9.17, 15) is 22.4 Å². The number of hydrogen-bond donors (Lipinski definition) is 2. The first-order chi connectivity index (χ1) is 20.0. The summed E-state index contributed by atoms with van der Waals surface area (Å²) in [4.78, 5) is 38.7. The Balaban J connectivity index is 0.000000517. The molecule has 1 amide bonds. The quantitative estimate of drug-likeness (QED) is 0.288.